The Hall–Kier alpha value is -2.86. The first kappa shape index (κ1) is 14.1. The minimum Gasteiger partial charge on any atom is -0.0905 e. The lowest BCUT2D eigenvalue weighted by molar-refractivity contribution is 1.59. The van der Waals surface area contributed by atoms with E-state index in [4.69, 9.17) is 0 Å². The molecule has 0 unspecified atom stereocenters. The summed E-state index contributed by atoms with van der Waals surface area (Å²) in [7, 11) is 0. The molecule has 0 heterocycles. The summed E-state index contributed by atoms with van der Waals surface area (Å²) >= 11 is 0. The summed E-state index contributed by atoms with van der Waals surface area (Å²) in [5.41, 5.74) is 5.70. The molecule has 0 aliphatic heterocycles. The highest BCUT2D eigenvalue weighted by Gasteiger charge is 2.08. The maximum Gasteiger partial charge on any atom is -0.0105 e. The van der Waals surface area contributed by atoms with Crippen LogP contribution in [0.5, 0.6) is 0 Å². The topological polar surface area (TPSA) is 0 Å². The van der Waals surface area contributed by atoms with Gasteiger partial charge < -0.3 is 0 Å². The molecule has 0 aromatic heterocycles. The molecule has 0 bridgehead atoms. The van der Waals surface area contributed by atoms with E-state index >= 15 is 0 Å². The molecule has 0 radical (unpaired) electrons. The molecule has 0 N–H and O–H groups in total. The number of allylic oxidation sites excluding steroid dienone is 2. The molecule has 0 aliphatic carbocycles. The van der Waals surface area contributed by atoms with E-state index in [2.05, 4.69) is 73.3 Å². The fourth-order valence-corrected chi connectivity index (χ4v) is 2.47. The smallest absolute Gasteiger partial charge is 0.0105 e. The van der Waals surface area contributed by atoms with Crippen LogP contribution in [-0.2, 0) is 0 Å². The van der Waals surface area contributed by atoms with Gasteiger partial charge in [0.15, 0.2) is 0 Å². The van der Waals surface area contributed by atoms with Crippen LogP contribution in [0.15, 0.2) is 97.6 Å². The highest BCUT2D eigenvalue weighted by atomic mass is 14.1. The maximum atomic E-state index is 4.33. The third-order valence-corrected chi connectivity index (χ3v) is 3.64. The third-order valence-electron chi connectivity index (χ3n) is 3.64. The van der Waals surface area contributed by atoms with E-state index in [-0.39, 0.29) is 0 Å². The second-order valence-electron chi connectivity index (χ2n) is 5.18. The van der Waals surface area contributed by atoms with Crippen LogP contribution in [0.2, 0.25) is 0 Å². The Labute approximate surface area is 132 Å². The van der Waals surface area contributed by atoms with Crippen LogP contribution in [0.25, 0.3) is 17.2 Å². The molecular formula is C22H18. The molecule has 0 spiro atoms. The average molecular weight is 282 g/mol. The molecule has 3 rings (SSSR count). The van der Waals surface area contributed by atoms with E-state index in [0.717, 1.165) is 16.7 Å². The molecule has 3 aromatic rings. The monoisotopic (exact) mass is 282 g/mol. The van der Waals surface area contributed by atoms with Crippen molar-refractivity contribution >= 4 is 17.2 Å². The molecule has 0 aliphatic rings. The lowest BCUT2D eigenvalue weighted by atomic mass is 9.92. The van der Waals surface area contributed by atoms with Crippen molar-refractivity contribution in [3.8, 4) is 0 Å². The summed E-state index contributed by atoms with van der Waals surface area (Å²) in [5, 5.41) is 0. The minimum atomic E-state index is 1.04. The van der Waals surface area contributed by atoms with Gasteiger partial charge in [0.1, 0.15) is 0 Å². The second kappa shape index (κ2) is 6.73. The molecular weight excluding hydrogens is 264 g/mol. The Bertz CT molecular complexity index is 766. The van der Waals surface area contributed by atoms with Gasteiger partial charge in [-0.2, -0.15) is 0 Å². The number of benzene rings is 3. The summed E-state index contributed by atoms with van der Waals surface area (Å²) in [4.78, 5) is 0. The Morgan fingerprint density at radius 2 is 1.05 bits per heavy atom. The zero-order valence-electron chi connectivity index (χ0n) is 12.4. The summed E-state index contributed by atoms with van der Waals surface area (Å²) in [6.45, 7) is 4.33. The Balaban J connectivity index is 2.08. The number of rotatable bonds is 4. The summed E-state index contributed by atoms with van der Waals surface area (Å²) < 4.78 is 0. The fourth-order valence-electron chi connectivity index (χ4n) is 2.47. The van der Waals surface area contributed by atoms with Crippen molar-refractivity contribution in [3.05, 3.63) is 114 Å². The van der Waals surface area contributed by atoms with E-state index < -0.39 is 0 Å². The van der Waals surface area contributed by atoms with Gasteiger partial charge in [0.2, 0.25) is 0 Å². The van der Waals surface area contributed by atoms with Crippen LogP contribution >= 0.6 is 0 Å². The Morgan fingerprint density at radius 3 is 1.59 bits per heavy atom. The van der Waals surface area contributed by atoms with Gasteiger partial charge in [-0.25, -0.2) is 0 Å². The normalized spacial score (nSPS) is 11.2. The highest BCUT2D eigenvalue weighted by Crippen LogP contribution is 2.31. The predicted octanol–water partition coefficient (Wildman–Crippen LogP) is 5.94. The van der Waals surface area contributed by atoms with Crippen LogP contribution in [0, 0.1) is 0 Å². The van der Waals surface area contributed by atoms with Gasteiger partial charge in [-0.05, 0) is 33.9 Å². The highest BCUT2D eigenvalue weighted by molar-refractivity contribution is 6.10. The van der Waals surface area contributed by atoms with Crippen LogP contribution in [0.4, 0.5) is 0 Å². The van der Waals surface area contributed by atoms with Gasteiger partial charge in [-0.15, -0.1) is 0 Å². The van der Waals surface area contributed by atoms with Gasteiger partial charge in [0, 0.05) is 0 Å². The lowest BCUT2D eigenvalue weighted by Crippen LogP contribution is -1.89. The molecule has 0 saturated carbocycles. The Kier molecular flexibility index (Phi) is 4.31. The van der Waals surface area contributed by atoms with E-state index in [0.29, 0.717) is 0 Å². The van der Waals surface area contributed by atoms with E-state index in [1.54, 1.807) is 0 Å². The average Bonchev–Trinajstić information content (AvgIpc) is 2.61. The number of hydrogen-bond donors (Lipinski definition) is 0. The maximum absolute atomic E-state index is 4.33. The molecule has 0 saturated heterocycles. The van der Waals surface area contributed by atoms with Gasteiger partial charge in [0.25, 0.3) is 0 Å². The summed E-state index contributed by atoms with van der Waals surface area (Å²) in [6.07, 6.45) is 2.20. The van der Waals surface area contributed by atoms with Gasteiger partial charge in [0.05, 0.1) is 0 Å². The van der Waals surface area contributed by atoms with Crippen molar-refractivity contribution in [1.29, 1.82) is 0 Å². The first-order valence-electron chi connectivity index (χ1n) is 7.41. The van der Waals surface area contributed by atoms with Crippen molar-refractivity contribution < 1.29 is 0 Å². The van der Waals surface area contributed by atoms with Gasteiger partial charge in [-0.3, -0.25) is 0 Å². The molecule has 0 nitrogen and oxygen atoms in total. The SMILES string of the molecule is C=C(C(=Cc1ccccc1)c1ccccc1)c1ccccc1. The minimum absolute atomic E-state index is 1.04. The van der Waals surface area contributed by atoms with Crippen LogP contribution < -0.4 is 0 Å². The van der Waals surface area contributed by atoms with Gasteiger partial charge >= 0.3 is 0 Å². The molecule has 0 fully saturated rings. The van der Waals surface area contributed by atoms with E-state index in [1.807, 2.05) is 30.3 Å². The quantitative estimate of drug-likeness (QED) is 0.410. The molecule has 3 aromatic carbocycles. The molecule has 22 heavy (non-hydrogen) atoms. The van der Waals surface area contributed by atoms with Crippen molar-refractivity contribution in [2.45, 2.75) is 0 Å². The first-order valence-corrected chi connectivity index (χ1v) is 7.41. The lowest BCUT2D eigenvalue weighted by Gasteiger charge is -2.12. The van der Waals surface area contributed by atoms with Gasteiger partial charge in [-0.1, -0.05) is 97.6 Å². The van der Waals surface area contributed by atoms with Crippen molar-refractivity contribution in [1.82, 2.24) is 0 Å². The number of hydrogen-bond acceptors (Lipinski definition) is 0. The zero-order valence-corrected chi connectivity index (χ0v) is 12.4. The van der Waals surface area contributed by atoms with Crippen LogP contribution in [0.1, 0.15) is 16.7 Å². The summed E-state index contributed by atoms with van der Waals surface area (Å²) in [6, 6.07) is 31.1. The molecule has 0 amide bonds. The van der Waals surface area contributed by atoms with E-state index in [9.17, 15) is 0 Å². The molecule has 0 heteroatoms. The largest absolute Gasteiger partial charge is 0.0905 e. The van der Waals surface area contributed by atoms with Crippen molar-refractivity contribution in [3.63, 3.8) is 0 Å². The van der Waals surface area contributed by atoms with Crippen LogP contribution in [-0.4, -0.2) is 0 Å². The Morgan fingerprint density at radius 1 is 0.591 bits per heavy atom. The van der Waals surface area contributed by atoms with Crippen molar-refractivity contribution in [2.24, 2.45) is 0 Å². The van der Waals surface area contributed by atoms with Crippen molar-refractivity contribution in [2.75, 3.05) is 0 Å². The third kappa shape index (κ3) is 3.24. The second-order valence-corrected chi connectivity index (χ2v) is 5.18. The zero-order chi connectivity index (χ0) is 15.2. The first-order chi connectivity index (χ1) is 10.8. The molecule has 106 valence electrons. The standard InChI is InChI=1S/C22H18/c1-18(20-13-7-3-8-14-20)22(21-15-9-4-10-16-21)17-19-11-5-2-6-12-19/h2-17H,1H2. The summed E-state index contributed by atoms with van der Waals surface area (Å²) in [5.74, 6) is 0. The fraction of sp³-hybridized carbons (Fsp3) is 0. The predicted molar refractivity (Wildman–Crippen MR) is 96.2 cm³/mol. The van der Waals surface area contributed by atoms with E-state index in [1.165, 1.54) is 11.1 Å². The molecule has 0 atom stereocenters. The van der Waals surface area contributed by atoms with Crippen LogP contribution in [0.3, 0.4) is 0 Å².